The minimum absolute atomic E-state index is 0.142. The Morgan fingerprint density at radius 2 is 2.00 bits per heavy atom. The minimum atomic E-state index is -0.547. The lowest BCUT2D eigenvalue weighted by Crippen LogP contribution is -2.49. The topological polar surface area (TPSA) is 85.3 Å². The molecule has 0 amide bonds. The summed E-state index contributed by atoms with van der Waals surface area (Å²) in [6.07, 6.45) is 1.95. The number of aliphatic hydroxyl groups is 1. The van der Waals surface area contributed by atoms with Gasteiger partial charge in [-0.2, -0.15) is 0 Å². The van der Waals surface area contributed by atoms with E-state index < -0.39 is 6.10 Å². The highest BCUT2D eigenvalue weighted by atomic mass is 16.5. The maximum absolute atomic E-state index is 10.9. The van der Waals surface area contributed by atoms with E-state index in [1.807, 2.05) is 48.5 Å². The summed E-state index contributed by atoms with van der Waals surface area (Å²) in [4.78, 5) is 6.56. The van der Waals surface area contributed by atoms with E-state index in [1.165, 1.54) is 0 Å². The first-order valence-corrected chi connectivity index (χ1v) is 12.9. The second-order valence-electron chi connectivity index (χ2n) is 9.42. The van der Waals surface area contributed by atoms with E-state index in [-0.39, 0.29) is 12.0 Å². The predicted molar refractivity (Wildman–Crippen MR) is 142 cm³/mol. The van der Waals surface area contributed by atoms with Crippen LogP contribution in [-0.4, -0.2) is 68.8 Å². The largest absolute Gasteiger partial charge is 0.490 e. The lowest BCUT2D eigenvalue weighted by atomic mass is 9.85. The third-order valence-electron chi connectivity index (χ3n) is 6.86. The van der Waals surface area contributed by atoms with E-state index in [1.54, 1.807) is 13.3 Å². The number of pyridine rings is 1. The van der Waals surface area contributed by atoms with Gasteiger partial charge in [0.05, 0.1) is 31.0 Å². The van der Waals surface area contributed by atoms with Crippen LogP contribution >= 0.6 is 0 Å². The zero-order chi connectivity index (χ0) is 25.5. The summed E-state index contributed by atoms with van der Waals surface area (Å²) in [6, 6.07) is 19.6. The fourth-order valence-electron chi connectivity index (χ4n) is 5.00. The smallest absolute Gasteiger partial charge is 0.219 e. The fourth-order valence-corrected chi connectivity index (χ4v) is 5.00. The van der Waals surface area contributed by atoms with Crippen molar-refractivity contribution in [2.45, 2.75) is 31.2 Å². The Hall–Kier alpha value is -3.17. The summed E-state index contributed by atoms with van der Waals surface area (Å²) in [5.41, 5.74) is 3.21. The third kappa shape index (κ3) is 6.40. The average Bonchev–Trinajstić information content (AvgIpc) is 2.93. The molecule has 0 spiro atoms. The Morgan fingerprint density at radius 1 is 1.11 bits per heavy atom. The minimum Gasteiger partial charge on any atom is -0.490 e. The van der Waals surface area contributed by atoms with E-state index >= 15 is 0 Å². The zero-order valence-corrected chi connectivity index (χ0v) is 21.2. The Labute approximate surface area is 218 Å². The van der Waals surface area contributed by atoms with Gasteiger partial charge in [-0.1, -0.05) is 24.3 Å². The molecular weight excluding hydrogens is 470 g/mol. The van der Waals surface area contributed by atoms with Crippen LogP contribution in [0.1, 0.15) is 23.5 Å². The number of hydrogen-bond donors (Lipinski definition) is 2. The summed E-state index contributed by atoms with van der Waals surface area (Å²) in [5, 5.41) is 14.2. The Kier molecular flexibility index (Phi) is 8.53. The molecule has 3 aromatic rings. The highest BCUT2D eigenvalue weighted by Gasteiger charge is 2.34. The first kappa shape index (κ1) is 25.5. The molecule has 37 heavy (non-hydrogen) atoms. The number of anilines is 1. The predicted octanol–water partition coefficient (Wildman–Crippen LogP) is 3.74. The molecule has 196 valence electrons. The molecule has 0 saturated carbocycles. The van der Waals surface area contributed by atoms with Gasteiger partial charge in [0.15, 0.2) is 0 Å². The van der Waals surface area contributed by atoms with Gasteiger partial charge in [-0.05, 0) is 47.9 Å². The SMILES string of the molecule is COCCCN1CCOc2ccc(CO[C@H]3CNC[C@@H](O)[C@@H]3c3ccc(Oc4ccccn4)cc3)cc21. The second-order valence-corrected chi connectivity index (χ2v) is 9.42. The number of ether oxygens (including phenoxy) is 4. The first-order chi connectivity index (χ1) is 18.2. The third-order valence-corrected chi connectivity index (χ3v) is 6.86. The molecule has 0 radical (unpaired) electrons. The number of methoxy groups -OCH3 is 1. The Morgan fingerprint density at radius 3 is 2.81 bits per heavy atom. The van der Waals surface area contributed by atoms with Crippen molar-refractivity contribution in [1.82, 2.24) is 10.3 Å². The van der Waals surface area contributed by atoms with Crippen molar-refractivity contribution in [3.8, 4) is 17.4 Å². The summed E-state index contributed by atoms with van der Waals surface area (Å²) >= 11 is 0. The quantitative estimate of drug-likeness (QED) is 0.403. The Bertz CT molecular complexity index is 1130. The summed E-state index contributed by atoms with van der Waals surface area (Å²) in [5.74, 6) is 2.02. The van der Waals surface area contributed by atoms with Gasteiger partial charge < -0.3 is 34.3 Å². The number of β-amino-alcohol motifs (C(OH)–C–C–N with tert-alkyl or cyclic N) is 1. The van der Waals surface area contributed by atoms with Crippen LogP contribution in [0.2, 0.25) is 0 Å². The molecule has 5 rings (SSSR count). The number of nitrogens with one attached hydrogen (secondary N) is 1. The molecule has 3 heterocycles. The monoisotopic (exact) mass is 505 g/mol. The summed E-state index contributed by atoms with van der Waals surface area (Å²) in [6.45, 7) is 4.88. The zero-order valence-electron chi connectivity index (χ0n) is 21.2. The van der Waals surface area contributed by atoms with Crippen molar-refractivity contribution >= 4 is 5.69 Å². The molecule has 0 aliphatic carbocycles. The molecule has 0 bridgehead atoms. The van der Waals surface area contributed by atoms with Crippen LogP contribution in [0, 0.1) is 0 Å². The molecular formula is C29H35N3O5. The van der Waals surface area contributed by atoms with Crippen LogP contribution in [0.15, 0.2) is 66.9 Å². The highest BCUT2D eigenvalue weighted by Crippen LogP contribution is 2.34. The van der Waals surface area contributed by atoms with Gasteiger partial charge in [0.1, 0.15) is 18.1 Å². The average molecular weight is 506 g/mol. The number of piperidine rings is 1. The molecule has 2 aromatic carbocycles. The molecule has 8 nitrogen and oxygen atoms in total. The van der Waals surface area contributed by atoms with E-state index in [2.05, 4.69) is 27.3 Å². The first-order valence-electron chi connectivity index (χ1n) is 12.9. The van der Waals surface area contributed by atoms with Crippen LogP contribution in [0.5, 0.6) is 17.4 Å². The van der Waals surface area contributed by atoms with Crippen molar-refractivity contribution in [3.63, 3.8) is 0 Å². The van der Waals surface area contributed by atoms with Gasteiger partial charge in [0.2, 0.25) is 5.88 Å². The normalized spacial score (nSPS) is 21.2. The van der Waals surface area contributed by atoms with Gasteiger partial charge >= 0.3 is 0 Å². The van der Waals surface area contributed by atoms with Crippen molar-refractivity contribution in [3.05, 3.63) is 78.0 Å². The number of rotatable bonds is 10. The van der Waals surface area contributed by atoms with E-state index in [0.29, 0.717) is 37.9 Å². The molecule has 2 N–H and O–H groups in total. The number of aliphatic hydroxyl groups excluding tert-OH is 1. The molecule has 1 aromatic heterocycles. The van der Waals surface area contributed by atoms with Crippen molar-refractivity contribution in [2.24, 2.45) is 0 Å². The van der Waals surface area contributed by atoms with E-state index in [0.717, 1.165) is 48.7 Å². The molecule has 2 aliphatic rings. The standard InChI is InChI=1S/C29H35N3O5/c1-34-15-4-13-32-14-16-35-26-11-6-21(17-24(26)32)20-36-27-19-30-18-25(33)29(27)22-7-9-23(10-8-22)37-28-5-2-3-12-31-28/h2-3,5-12,17,25,27,29-30,33H,4,13-16,18-20H2,1H3/t25-,27+,29+/m1/s1. The molecule has 1 fully saturated rings. The highest BCUT2D eigenvalue weighted by molar-refractivity contribution is 5.61. The van der Waals surface area contributed by atoms with Gasteiger partial charge in [-0.3, -0.25) is 0 Å². The number of nitrogens with zero attached hydrogens (tertiary/aromatic N) is 2. The number of hydrogen-bond acceptors (Lipinski definition) is 8. The van der Waals surface area contributed by atoms with E-state index in [9.17, 15) is 5.11 Å². The van der Waals surface area contributed by atoms with Gasteiger partial charge in [-0.15, -0.1) is 0 Å². The van der Waals surface area contributed by atoms with Gasteiger partial charge in [0.25, 0.3) is 0 Å². The van der Waals surface area contributed by atoms with Crippen LogP contribution in [0.3, 0.4) is 0 Å². The number of benzene rings is 2. The van der Waals surface area contributed by atoms with Crippen molar-refractivity contribution in [1.29, 1.82) is 0 Å². The van der Waals surface area contributed by atoms with Crippen LogP contribution in [0.4, 0.5) is 5.69 Å². The Balaban J connectivity index is 1.25. The lowest BCUT2D eigenvalue weighted by molar-refractivity contribution is -0.0328. The summed E-state index contributed by atoms with van der Waals surface area (Å²) < 4.78 is 23.3. The van der Waals surface area contributed by atoms with Gasteiger partial charge in [-0.25, -0.2) is 4.98 Å². The van der Waals surface area contributed by atoms with Crippen LogP contribution in [-0.2, 0) is 16.1 Å². The maximum Gasteiger partial charge on any atom is 0.219 e. The molecule has 1 saturated heterocycles. The molecule has 3 atom stereocenters. The van der Waals surface area contributed by atoms with Crippen molar-refractivity contribution < 1.29 is 24.1 Å². The van der Waals surface area contributed by atoms with Gasteiger partial charge in [0, 0.05) is 51.5 Å². The van der Waals surface area contributed by atoms with Crippen LogP contribution in [0.25, 0.3) is 0 Å². The number of fused-ring (bicyclic) bond motifs is 1. The maximum atomic E-state index is 10.9. The lowest BCUT2D eigenvalue weighted by Gasteiger charge is -2.36. The molecule has 2 aliphatic heterocycles. The van der Waals surface area contributed by atoms with Crippen LogP contribution < -0.4 is 19.7 Å². The van der Waals surface area contributed by atoms with E-state index in [4.69, 9.17) is 18.9 Å². The molecule has 8 heteroatoms. The fraction of sp³-hybridized carbons (Fsp3) is 0.414. The van der Waals surface area contributed by atoms with Crippen molar-refractivity contribution in [2.75, 3.05) is 51.4 Å². The second kappa shape index (κ2) is 12.4. The number of aromatic nitrogens is 1. The molecule has 0 unspecified atom stereocenters. The summed E-state index contributed by atoms with van der Waals surface area (Å²) in [7, 11) is 1.73.